The molecular formula is C27H24N2O5. The minimum absolute atomic E-state index is 0.112. The fourth-order valence-corrected chi connectivity index (χ4v) is 4.00. The zero-order valence-electron chi connectivity index (χ0n) is 18.5. The average molecular weight is 456 g/mol. The van der Waals surface area contributed by atoms with E-state index in [1.165, 1.54) is 0 Å². The van der Waals surface area contributed by atoms with Gasteiger partial charge in [-0.25, -0.2) is 0 Å². The number of carbonyl (C=O) groups is 2. The molecule has 0 bridgehead atoms. The highest BCUT2D eigenvalue weighted by atomic mass is 16.5. The van der Waals surface area contributed by atoms with Gasteiger partial charge in [-0.3, -0.25) is 9.59 Å². The van der Waals surface area contributed by atoms with Crippen molar-refractivity contribution >= 4 is 28.5 Å². The number of hydrogen-bond donors (Lipinski definition) is 1. The summed E-state index contributed by atoms with van der Waals surface area (Å²) in [7, 11) is 0. The second-order valence-corrected chi connectivity index (χ2v) is 7.91. The lowest BCUT2D eigenvalue weighted by Gasteiger charge is -2.26. The molecule has 5 rings (SSSR count). The van der Waals surface area contributed by atoms with Gasteiger partial charge in [-0.05, 0) is 23.8 Å². The second kappa shape index (κ2) is 9.80. The molecule has 4 aromatic rings. The summed E-state index contributed by atoms with van der Waals surface area (Å²) in [5.41, 5.74) is 2.78. The average Bonchev–Trinajstić information content (AvgIpc) is 3.26. The Balaban J connectivity index is 1.36. The standard InChI is InChI=1S/C27H24N2O5/c30-24(18-33-22-12-6-4-10-20(22)19-8-2-1-3-9-19)28-25-21-11-5-7-13-23(21)34-26(25)27(31)29-14-16-32-17-15-29/h1-13H,14-18H2,(H,28,30). The lowest BCUT2D eigenvalue weighted by molar-refractivity contribution is -0.118. The molecule has 7 nitrogen and oxygen atoms in total. The summed E-state index contributed by atoms with van der Waals surface area (Å²) in [5.74, 6) is 0.0576. The third kappa shape index (κ3) is 4.51. The smallest absolute Gasteiger partial charge is 0.291 e. The molecule has 1 aliphatic heterocycles. The number of hydrogen-bond acceptors (Lipinski definition) is 5. The number of carbonyl (C=O) groups excluding carboxylic acids is 2. The molecule has 1 fully saturated rings. The SMILES string of the molecule is O=C(COc1ccccc1-c1ccccc1)Nc1c(C(=O)N2CCOCC2)oc2ccccc12. The number of furan rings is 1. The lowest BCUT2D eigenvalue weighted by atomic mass is 10.1. The van der Waals surface area contributed by atoms with Gasteiger partial charge in [0.25, 0.3) is 11.8 Å². The Labute approximate surface area is 196 Å². The van der Waals surface area contributed by atoms with Gasteiger partial charge in [0.1, 0.15) is 17.0 Å². The molecule has 0 spiro atoms. The summed E-state index contributed by atoms with van der Waals surface area (Å²) in [6, 6.07) is 24.7. The quantitative estimate of drug-likeness (QED) is 0.459. The van der Waals surface area contributed by atoms with Crippen molar-refractivity contribution in [1.29, 1.82) is 0 Å². The topological polar surface area (TPSA) is 81.0 Å². The number of nitrogens with zero attached hydrogens (tertiary/aromatic N) is 1. The van der Waals surface area contributed by atoms with Crippen molar-refractivity contribution < 1.29 is 23.5 Å². The molecule has 1 aromatic heterocycles. The van der Waals surface area contributed by atoms with Gasteiger partial charge in [0, 0.05) is 24.0 Å². The number of rotatable bonds is 6. The van der Waals surface area contributed by atoms with Crippen molar-refractivity contribution in [1.82, 2.24) is 4.90 Å². The predicted molar refractivity (Wildman–Crippen MR) is 129 cm³/mol. The van der Waals surface area contributed by atoms with Crippen molar-refractivity contribution in [2.75, 3.05) is 38.2 Å². The Morgan fingerprint density at radius 3 is 2.41 bits per heavy atom. The van der Waals surface area contributed by atoms with E-state index >= 15 is 0 Å². The summed E-state index contributed by atoms with van der Waals surface area (Å²) in [6.45, 7) is 1.68. The molecule has 34 heavy (non-hydrogen) atoms. The molecule has 0 radical (unpaired) electrons. The number of benzene rings is 3. The summed E-state index contributed by atoms with van der Waals surface area (Å²) in [4.78, 5) is 27.7. The highest BCUT2D eigenvalue weighted by Crippen LogP contribution is 2.33. The monoisotopic (exact) mass is 456 g/mol. The first kappa shape index (κ1) is 21.7. The van der Waals surface area contributed by atoms with Crippen LogP contribution in [0.3, 0.4) is 0 Å². The summed E-state index contributed by atoms with van der Waals surface area (Å²) in [5, 5.41) is 3.51. The van der Waals surface area contributed by atoms with Gasteiger partial charge in [-0.1, -0.05) is 60.7 Å². The Morgan fingerprint density at radius 2 is 1.59 bits per heavy atom. The van der Waals surface area contributed by atoms with Gasteiger partial charge in [0.05, 0.1) is 13.2 Å². The Bertz CT molecular complexity index is 1310. The van der Waals surface area contributed by atoms with Gasteiger partial charge in [0.15, 0.2) is 6.61 Å². The number of ether oxygens (including phenoxy) is 2. The number of nitrogens with one attached hydrogen (secondary N) is 1. The van der Waals surface area contributed by atoms with Crippen LogP contribution in [0.1, 0.15) is 10.6 Å². The summed E-state index contributed by atoms with van der Waals surface area (Å²) in [6.07, 6.45) is 0. The molecule has 2 heterocycles. The third-order valence-electron chi connectivity index (χ3n) is 5.68. The van der Waals surface area contributed by atoms with Crippen molar-refractivity contribution in [3.8, 4) is 16.9 Å². The minimum Gasteiger partial charge on any atom is -0.483 e. The lowest BCUT2D eigenvalue weighted by Crippen LogP contribution is -2.40. The molecule has 0 unspecified atom stereocenters. The number of amides is 2. The van der Waals surface area contributed by atoms with Crippen LogP contribution < -0.4 is 10.1 Å². The molecule has 2 amide bonds. The van der Waals surface area contributed by atoms with E-state index in [-0.39, 0.29) is 24.2 Å². The largest absolute Gasteiger partial charge is 0.483 e. The van der Waals surface area contributed by atoms with Gasteiger partial charge in [0.2, 0.25) is 5.76 Å². The molecule has 1 saturated heterocycles. The maximum absolute atomic E-state index is 13.1. The molecule has 7 heteroatoms. The Morgan fingerprint density at radius 1 is 0.882 bits per heavy atom. The summed E-state index contributed by atoms with van der Waals surface area (Å²) < 4.78 is 17.1. The fourth-order valence-electron chi connectivity index (χ4n) is 4.00. The van der Waals surface area contributed by atoms with E-state index in [0.717, 1.165) is 11.1 Å². The van der Waals surface area contributed by atoms with E-state index in [1.54, 1.807) is 11.0 Å². The molecule has 0 atom stereocenters. The van der Waals surface area contributed by atoms with Crippen LogP contribution in [0.25, 0.3) is 22.1 Å². The van der Waals surface area contributed by atoms with Crippen LogP contribution >= 0.6 is 0 Å². The maximum Gasteiger partial charge on any atom is 0.291 e. The Hall–Kier alpha value is -4.10. The van der Waals surface area contributed by atoms with Gasteiger partial charge in [-0.15, -0.1) is 0 Å². The van der Waals surface area contributed by atoms with E-state index in [1.807, 2.05) is 72.8 Å². The molecule has 1 N–H and O–H groups in total. The maximum atomic E-state index is 13.1. The third-order valence-corrected chi connectivity index (χ3v) is 5.68. The van der Waals surface area contributed by atoms with Gasteiger partial charge < -0.3 is 24.1 Å². The van der Waals surface area contributed by atoms with Crippen LogP contribution in [0, 0.1) is 0 Å². The second-order valence-electron chi connectivity index (χ2n) is 7.91. The van der Waals surface area contributed by atoms with Crippen molar-refractivity contribution in [2.24, 2.45) is 0 Å². The normalized spacial score (nSPS) is 13.6. The first-order valence-electron chi connectivity index (χ1n) is 11.2. The predicted octanol–water partition coefficient (Wildman–Crippen LogP) is 4.59. The molecule has 3 aromatic carbocycles. The van der Waals surface area contributed by atoms with E-state index in [0.29, 0.717) is 48.7 Å². The van der Waals surface area contributed by atoms with Crippen LogP contribution in [-0.4, -0.2) is 49.6 Å². The molecule has 0 aliphatic carbocycles. The van der Waals surface area contributed by atoms with E-state index < -0.39 is 0 Å². The minimum atomic E-state index is -0.384. The fraction of sp³-hybridized carbons (Fsp3) is 0.185. The molecular weight excluding hydrogens is 432 g/mol. The first-order valence-corrected chi connectivity index (χ1v) is 11.2. The number of para-hydroxylation sites is 2. The first-order chi connectivity index (χ1) is 16.7. The molecule has 1 aliphatic rings. The number of morpholine rings is 1. The van der Waals surface area contributed by atoms with Gasteiger partial charge >= 0.3 is 0 Å². The van der Waals surface area contributed by atoms with Crippen LogP contribution in [0.4, 0.5) is 5.69 Å². The number of fused-ring (bicyclic) bond motifs is 1. The number of anilines is 1. The van der Waals surface area contributed by atoms with Crippen molar-refractivity contribution in [3.05, 3.63) is 84.6 Å². The zero-order valence-corrected chi connectivity index (χ0v) is 18.5. The summed E-state index contributed by atoms with van der Waals surface area (Å²) >= 11 is 0. The highest BCUT2D eigenvalue weighted by Gasteiger charge is 2.27. The van der Waals surface area contributed by atoms with E-state index in [9.17, 15) is 9.59 Å². The van der Waals surface area contributed by atoms with Crippen LogP contribution in [0.5, 0.6) is 5.75 Å². The van der Waals surface area contributed by atoms with Crippen LogP contribution in [-0.2, 0) is 9.53 Å². The van der Waals surface area contributed by atoms with E-state index in [4.69, 9.17) is 13.9 Å². The van der Waals surface area contributed by atoms with E-state index in [2.05, 4.69) is 5.32 Å². The van der Waals surface area contributed by atoms with Crippen molar-refractivity contribution in [2.45, 2.75) is 0 Å². The van der Waals surface area contributed by atoms with Crippen LogP contribution in [0.2, 0.25) is 0 Å². The Kier molecular flexibility index (Phi) is 6.27. The molecule has 0 saturated carbocycles. The zero-order chi connectivity index (χ0) is 23.3. The highest BCUT2D eigenvalue weighted by molar-refractivity contribution is 6.11. The molecule has 172 valence electrons. The van der Waals surface area contributed by atoms with Crippen molar-refractivity contribution in [3.63, 3.8) is 0 Å². The van der Waals surface area contributed by atoms with Crippen LogP contribution in [0.15, 0.2) is 83.3 Å². The van der Waals surface area contributed by atoms with Gasteiger partial charge in [-0.2, -0.15) is 0 Å².